The third-order valence-electron chi connectivity index (χ3n) is 4.34. The fourth-order valence-electron chi connectivity index (χ4n) is 2.16. The van der Waals surface area contributed by atoms with E-state index in [0.717, 1.165) is 5.57 Å². The summed E-state index contributed by atoms with van der Waals surface area (Å²) in [6, 6.07) is 0. The number of ether oxygens (including phenoxy) is 1. The first-order chi connectivity index (χ1) is 9.78. The Morgan fingerprint density at radius 1 is 1.18 bits per heavy atom. The average molecular weight is 325 g/mol. The first-order valence-corrected chi connectivity index (χ1v) is 10.9. The second kappa shape index (κ2) is 6.42. The third-order valence-corrected chi connectivity index (χ3v) is 8.79. The molecule has 0 saturated carbocycles. The van der Waals surface area contributed by atoms with Gasteiger partial charge in [-0.15, -0.1) is 6.58 Å². The van der Waals surface area contributed by atoms with Gasteiger partial charge in [0, 0.05) is 0 Å². The van der Waals surface area contributed by atoms with Crippen molar-refractivity contribution < 1.29 is 14.0 Å². The molecule has 0 N–H and O–H groups in total. The molecule has 0 aliphatic heterocycles. The summed E-state index contributed by atoms with van der Waals surface area (Å²) >= 11 is 0. The van der Waals surface area contributed by atoms with Crippen LogP contribution in [0.2, 0.25) is 18.1 Å². The minimum Gasteiger partial charge on any atom is -0.407 e. The van der Waals surface area contributed by atoms with Gasteiger partial charge in [0.15, 0.2) is 14.1 Å². The van der Waals surface area contributed by atoms with E-state index in [0.29, 0.717) is 6.42 Å². The molecule has 1 aliphatic rings. The number of carbonyl (C=O) groups excluding carboxylic acids is 1. The van der Waals surface area contributed by atoms with Crippen LogP contribution in [0.1, 0.15) is 48.0 Å². The number of hydrogen-bond acceptors (Lipinski definition) is 3. The van der Waals surface area contributed by atoms with E-state index in [2.05, 4.69) is 40.4 Å². The molecule has 0 bridgehead atoms. The highest BCUT2D eigenvalue weighted by Crippen LogP contribution is 2.40. The lowest BCUT2D eigenvalue weighted by atomic mass is 10.1. The molecule has 0 spiro atoms. The molecule has 2 unspecified atom stereocenters. The minimum absolute atomic E-state index is 0.00971. The summed E-state index contributed by atoms with van der Waals surface area (Å²) in [7, 11) is -1.99. The fraction of sp³-hybridized carbons (Fsp3) is 0.722. The summed E-state index contributed by atoms with van der Waals surface area (Å²) in [4.78, 5) is 12.4. The molecular weight excluding hydrogens is 292 g/mol. The first kappa shape index (κ1) is 19.3. The monoisotopic (exact) mass is 324 g/mol. The van der Waals surface area contributed by atoms with Crippen LogP contribution < -0.4 is 0 Å². The van der Waals surface area contributed by atoms with Crippen LogP contribution >= 0.6 is 0 Å². The molecule has 0 saturated heterocycles. The van der Waals surface area contributed by atoms with E-state index in [-0.39, 0.29) is 22.5 Å². The van der Waals surface area contributed by atoms with Gasteiger partial charge in [-0.2, -0.15) is 0 Å². The molecule has 0 aromatic carbocycles. The Bertz CT molecular complexity index is 464. The normalized spacial score (nSPS) is 23.6. The Morgan fingerprint density at radius 3 is 2.14 bits per heavy atom. The molecule has 4 heteroatoms. The largest absolute Gasteiger partial charge is 0.407 e. The second-order valence-corrected chi connectivity index (χ2v) is 13.3. The molecule has 1 aliphatic carbocycles. The van der Waals surface area contributed by atoms with Crippen molar-refractivity contribution in [3.63, 3.8) is 0 Å². The van der Waals surface area contributed by atoms with E-state index in [1.165, 1.54) is 0 Å². The van der Waals surface area contributed by atoms with E-state index < -0.39 is 14.4 Å². The van der Waals surface area contributed by atoms with Crippen LogP contribution in [0.25, 0.3) is 0 Å². The first-order valence-electron chi connectivity index (χ1n) is 7.99. The summed E-state index contributed by atoms with van der Waals surface area (Å²) in [5, 5.41) is 0.0875. The van der Waals surface area contributed by atoms with Crippen LogP contribution in [-0.2, 0) is 14.0 Å². The molecule has 1 rings (SSSR count). The minimum atomic E-state index is -1.99. The van der Waals surface area contributed by atoms with Crippen LogP contribution in [0.3, 0.4) is 0 Å². The van der Waals surface area contributed by atoms with Crippen molar-refractivity contribution in [1.29, 1.82) is 0 Å². The Hall–Kier alpha value is -0.713. The maximum atomic E-state index is 12.4. The number of rotatable bonds is 5. The fourth-order valence-corrected chi connectivity index (χ4v) is 3.43. The Balaban J connectivity index is 3.08. The maximum Gasteiger partial charge on any atom is 0.193 e. The molecule has 0 aromatic heterocycles. The predicted molar refractivity (Wildman–Crippen MR) is 94.6 cm³/mol. The van der Waals surface area contributed by atoms with E-state index in [4.69, 9.17) is 9.16 Å². The van der Waals surface area contributed by atoms with Crippen LogP contribution in [-0.4, -0.2) is 31.9 Å². The molecular formula is C18H32O3Si. The lowest BCUT2D eigenvalue weighted by Gasteiger charge is -2.41. The zero-order valence-electron chi connectivity index (χ0n) is 15.4. The van der Waals surface area contributed by atoms with Gasteiger partial charge in [-0.25, -0.2) is 0 Å². The standard InChI is InChI=1S/C18H32O3Si/c1-10-11-13-12-14(19)16(20-17(2,3)4)15(13)21-22(8,9)18(5,6)7/h10,12,15-16H,1,11H2,2-9H3. The highest BCUT2D eigenvalue weighted by atomic mass is 28.4. The highest BCUT2D eigenvalue weighted by Gasteiger charge is 2.46. The Labute approximate surface area is 136 Å². The summed E-state index contributed by atoms with van der Waals surface area (Å²) < 4.78 is 12.6. The third kappa shape index (κ3) is 4.64. The number of ketones is 1. The van der Waals surface area contributed by atoms with Gasteiger partial charge in [-0.05, 0) is 57.0 Å². The van der Waals surface area contributed by atoms with Crippen LogP contribution in [0.15, 0.2) is 24.3 Å². The zero-order valence-corrected chi connectivity index (χ0v) is 16.4. The van der Waals surface area contributed by atoms with Gasteiger partial charge >= 0.3 is 0 Å². The van der Waals surface area contributed by atoms with E-state index in [9.17, 15) is 4.79 Å². The number of allylic oxidation sites excluding steroid dienone is 1. The van der Waals surface area contributed by atoms with Crippen LogP contribution in [0.4, 0.5) is 0 Å². The second-order valence-electron chi connectivity index (χ2n) is 8.56. The molecule has 22 heavy (non-hydrogen) atoms. The van der Waals surface area contributed by atoms with Crippen molar-refractivity contribution in [2.75, 3.05) is 0 Å². The molecule has 0 fully saturated rings. The van der Waals surface area contributed by atoms with Gasteiger partial charge in [0.1, 0.15) is 12.2 Å². The van der Waals surface area contributed by atoms with Gasteiger partial charge < -0.3 is 9.16 Å². The summed E-state index contributed by atoms with van der Waals surface area (Å²) in [5.74, 6) is 0.00971. The van der Waals surface area contributed by atoms with Gasteiger partial charge in [0.05, 0.1) is 5.60 Å². The Morgan fingerprint density at radius 2 is 1.73 bits per heavy atom. The lowest BCUT2D eigenvalue weighted by Crippen LogP contribution is -2.49. The van der Waals surface area contributed by atoms with Crippen LogP contribution in [0.5, 0.6) is 0 Å². The SMILES string of the molecule is C=CCC1=CC(=O)C(OC(C)(C)C)C1O[Si](C)(C)C(C)(C)C. The quantitative estimate of drug-likeness (QED) is 0.545. The van der Waals surface area contributed by atoms with Crippen molar-refractivity contribution in [3.05, 3.63) is 24.3 Å². The van der Waals surface area contributed by atoms with E-state index >= 15 is 0 Å². The topological polar surface area (TPSA) is 35.5 Å². The maximum absolute atomic E-state index is 12.4. The summed E-state index contributed by atoms with van der Waals surface area (Å²) in [5.41, 5.74) is 0.603. The summed E-state index contributed by atoms with van der Waals surface area (Å²) in [6.07, 6.45) is 3.35. The zero-order chi connectivity index (χ0) is 17.3. The Kier molecular flexibility index (Phi) is 5.64. The van der Waals surface area contributed by atoms with E-state index in [1.54, 1.807) is 6.08 Å². The molecule has 126 valence electrons. The van der Waals surface area contributed by atoms with Crippen molar-refractivity contribution in [2.45, 2.75) is 83.9 Å². The lowest BCUT2D eigenvalue weighted by molar-refractivity contribution is -0.141. The van der Waals surface area contributed by atoms with Gasteiger partial charge in [-0.3, -0.25) is 4.79 Å². The number of carbonyl (C=O) groups is 1. The van der Waals surface area contributed by atoms with Crippen molar-refractivity contribution in [2.24, 2.45) is 0 Å². The molecule has 3 nitrogen and oxygen atoms in total. The molecule has 0 radical (unpaired) electrons. The smallest absolute Gasteiger partial charge is 0.193 e. The summed E-state index contributed by atoms with van der Waals surface area (Å²) in [6.45, 7) is 20.7. The molecule has 0 heterocycles. The predicted octanol–water partition coefficient (Wildman–Crippen LogP) is 4.65. The van der Waals surface area contributed by atoms with Crippen molar-refractivity contribution >= 4 is 14.1 Å². The van der Waals surface area contributed by atoms with Gasteiger partial charge in [-0.1, -0.05) is 26.8 Å². The van der Waals surface area contributed by atoms with Gasteiger partial charge in [0.25, 0.3) is 0 Å². The number of hydrogen-bond donors (Lipinski definition) is 0. The average Bonchev–Trinajstić information content (AvgIpc) is 2.54. The van der Waals surface area contributed by atoms with Gasteiger partial charge in [0.2, 0.25) is 0 Å². The highest BCUT2D eigenvalue weighted by molar-refractivity contribution is 6.74. The van der Waals surface area contributed by atoms with E-state index in [1.807, 2.05) is 26.8 Å². The molecule has 0 aromatic rings. The molecule has 0 amide bonds. The van der Waals surface area contributed by atoms with Crippen molar-refractivity contribution in [1.82, 2.24) is 0 Å². The van der Waals surface area contributed by atoms with Crippen LogP contribution in [0, 0.1) is 0 Å². The van der Waals surface area contributed by atoms with Crippen molar-refractivity contribution in [3.8, 4) is 0 Å². The molecule has 2 atom stereocenters.